The molecule has 3 nitrogen and oxygen atoms in total. The average molecular weight is 248 g/mol. The third-order valence-electron chi connectivity index (χ3n) is 2.08. The summed E-state index contributed by atoms with van der Waals surface area (Å²) in [5, 5.41) is 9.42. The lowest BCUT2D eigenvalue weighted by Gasteiger charge is -2.16. The first-order valence-electron chi connectivity index (χ1n) is 4.86. The van der Waals surface area contributed by atoms with Crippen molar-refractivity contribution in [1.82, 2.24) is 0 Å². The Bertz CT molecular complexity index is 438. The minimum atomic E-state index is -4.67. The van der Waals surface area contributed by atoms with E-state index >= 15 is 0 Å². The molecule has 0 radical (unpaired) electrons. The van der Waals surface area contributed by atoms with E-state index in [1.807, 2.05) is 0 Å². The number of carbonyl (C=O) groups excluding carboxylic acids is 1. The molecule has 94 valence electrons. The second-order valence-electron chi connectivity index (χ2n) is 3.32. The van der Waals surface area contributed by atoms with Gasteiger partial charge in [-0.05, 0) is 26.0 Å². The molecule has 1 aromatic carbocycles. The first kappa shape index (κ1) is 13.3. The Morgan fingerprint density at radius 2 is 2.00 bits per heavy atom. The molecule has 0 heterocycles. The molecular formula is C11H11F3O3. The van der Waals surface area contributed by atoms with Gasteiger partial charge in [-0.3, -0.25) is 4.79 Å². The lowest BCUT2D eigenvalue weighted by Crippen LogP contribution is -2.13. The van der Waals surface area contributed by atoms with E-state index in [1.54, 1.807) is 6.92 Å². The fraction of sp³-hybridized carbons (Fsp3) is 0.364. The Labute approximate surface area is 95.8 Å². The summed E-state index contributed by atoms with van der Waals surface area (Å²) in [6.45, 7) is 2.59. The second kappa shape index (κ2) is 4.65. The molecule has 1 rings (SSSR count). The van der Waals surface area contributed by atoms with Crippen molar-refractivity contribution in [1.29, 1.82) is 0 Å². The standard InChI is InChI=1S/C11H11F3O3/c1-3-17-10-8(16)5-4-7(11(12,13)14)9(10)6(2)15/h4-5,16H,3H2,1-2H3. The van der Waals surface area contributed by atoms with Gasteiger partial charge < -0.3 is 9.84 Å². The number of hydrogen-bond acceptors (Lipinski definition) is 3. The molecule has 0 spiro atoms. The van der Waals surface area contributed by atoms with Gasteiger partial charge in [0.15, 0.2) is 17.3 Å². The Hall–Kier alpha value is -1.72. The van der Waals surface area contributed by atoms with Crippen LogP contribution < -0.4 is 4.74 Å². The quantitative estimate of drug-likeness (QED) is 0.836. The monoisotopic (exact) mass is 248 g/mol. The number of carbonyl (C=O) groups is 1. The van der Waals surface area contributed by atoms with Gasteiger partial charge in [-0.2, -0.15) is 13.2 Å². The highest BCUT2D eigenvalue weighted by atomic mass is 19.4. The molecule has 0 aliphatic heterocycles. The van der Waals surface area contributed by atoms with Crippen molar-refractivity contribution in [2.24, 2.45) is 0 Å². The van der Waals surface area contributed by atoms with Crippen LogP contribution in [0.25, 0.3) is 0 Å². The zero-order valence-corrected chi connectivity index (χ0v) is 9.26. The molecule has 0 aromatic heterocycles. The molecule has 0 unspecified atom stereocenters. The molecule has 0 aliphatic rings. The number of phenols is 1. The molecule has 0 bridgehead atoms. The van der Waals surface area contributed by atoms with Crippen LogP contribution in [-0.2, 0) is 6.18 Å². The fourth-order valence-electron chi connectivity index (χ4n) is 1.45. The van der Waals surface area contributed by atoms with Gasteiger partial charge in [0.25, 0.3) is 0 Å². The normalized spacial score (nSPS) is 11.4. The number of phenolic OH excluding ortho intramolecular Hbond substituents is 1. The number of ether oxygens (including phenoxy) is 1. The van der Waals surface area contributed by atoms with E-state index in [0.717, 1.165) is 13.0 Å². The maximum Gasteiger partial charge on any atom is 0.417 e. The molecule has 0 fully saturated rings. The number of aromatic hydroxyl groups is 1. The van der Waals surface area contributed by atoms with Crippen molar-refractivity contribution in [2.45, 2.75) is 20.0 Å². The lowest BCUT2D eigenvalue weighted by molar-refractivity contribution is -0.138. The highest BCUT2D eigenvalue weighted by molar-refractivity contribution is 5.99. The predicted molar refractivity (Wildman–Crippen MR) is 54.3 cm³/mol. The van der Waals surface area contributed by atoms with Crippen LogP contribution >= 0.6 is 0 Å². The zero-order chi connectivity index (χ0) is 13.2. The van der Waals surface area contributed by atoms with E-state index < -0.39 is 34.6 Å². The molecule has 0 aliphatic carbocycles. The molecule has 0 atom stereocenters. The Balaban J connectivity index is 3.53. The van der Waals surface area contributed by atoms with Crippen LogP contribution in [0.15, 0.2) is 12.1 Å². The Morgan fingerprint density at radius 1 is 1.41 bits per heavy atom. The topological polar surface area (TPSA) is 46.5 Å². The van der Waals surface area contributed by atoms with Crippen molar-refractivity contribution in [3.63, 3.8) is 0 Å². The highest BCUT2D eigenvalue weighted by Crippen LogP contribution is 2.40. The molecule has 6 heteroatoms. The minimum absolute atomic E-state index is 0.0507. The number of halogens is 3. The number of rotatable bonds is 3. The van der Waals surface area contributed by atoms with E-state index in [9.17, 15) is 23.1 Å². The summed E-state index contributed by atoms with van der Waals surface area (Å²) in [5.74, 6) is -1.71. The average Bonchev–Trinajstić information content (AvgIpc) is 2.18. The van der Waals surface area contributed by atoms with Gasteiger partial charge in [-0.1, -0.05) is 0 Å². The van der Waals surface area contributed by atoms with Crippen LogP contribution in [-0.4, -0.2) is 17.5 Å². The maximum absolute atomic E-state index is 12.7. The molecule has 0 amide bonds. The zero-order valence-electron chi connectivity index (χ0n) is 9.26. The summed E-state index contributed by atoms with van der Waals surface area (Å²) in [6, 6.07) is 1.52. The third-order valence-corrected chi connectivity index (χ3v) is 2.08. The van der Waals surface area contributed by atoms with Crippen LogP contribution in [0, 0.1) is 0 Å². The van der Waals surface area contributed by atoms with Gasteiger partial charge in [0.1, 0.15) is 0 Å². The van der Waals surface area contributed by atoms with E-state index in [4.69, 9.17) is 4.74 Å². The van der Waals surface area contributed by atoms with Gasteiger partial charge in [0, 0.05) is 0 Å². The molecule has 0 saturated heterocycles. The van der Waals surface area contributed by atoms with Crippen molar-refractivity contribution in [3.8, 4) is 11.5 Å². The third kappa shape index (κ3) is 2.69. The van der Waals surface area contributed by atoms with Gasteiger partial charge >= 0.3 is 6.18 Å². The fourth-order valence-corrected chi connectivity index (χ4v) is 1.45. The maximum atomic E-state index is 12.7. The van der Waals surface area contributed by atoms with Crippen molar-refractivity contribution in [2.75, 3.05) is 6.61 Å². The van der Waals surface area contributed by atoms with Crippen molar-refractivity contribution < 1.29 is 27.8 Å². The number of alkyl halides is 3. The molecular weight excluding hydrogens is 237 g/mol. The van der Waals surface area contributed by atoms with Crippen LogP contribution in [0.1, 0.15) is 29.8 Å². The Kier molecular flexibility index (Phi) is 3.65. The van der Waals surface area contributed by atoms with Gasteiger partial charge in [0.2, 0.25) is 0 Å². The van der Waals surface area contributed by atoms with Crippen molar-refractivity contribution in [3.05, 3.63) is 23.3 Å². The molecule has 17 heavy (non-hydrogen) atoms. The highest BCUT2D eigenvalue weighted by Gasteiger charge is 2.37. The summed E-state index contributed by atoms with van der Waals surface area (Å²) in [5.41, 5.74) is -1.74. The van der Waals surface area contributed by atoms with E-state index in [2.05, 4.69) is 0 Å². The van der Waals surface area contributed by atoms with Gasteiger partial charge in [0.05, 0.1) is 17.7 Å². The summed E-state index contributed by atoms with van der Waals surface area (Å²) in [6.07, 6.45) is -4.67. The lowest BCUT2D eigenvalue weighted by atomic mass is 10.0. The Morgan fingerprint density at radius 3 is 2.41 bits per heavy atom. The van der Waals surface area contributed by atoms with Crippen LogP contribution in [0.2, 0.25) is 0 Å². The number of Topliss-reactive ketones (excluding diaryl/α,β-unsaturated/α-hetero) is 1. The molecule has 1 aromatic rings. The summed E-state index contributed by atoms with van der Waals surface area (Å²) >= 11 is 0. The van der Waals surface area contributed by atoms with Crippen LogP contribution in [0.3, 0.4) is 0 Å². The first-order valence-corrected chi connectivity index (χ1v) is 4.86. The second-order valence-corrected chi connectivity index (χ2v) is 3.32. The molecule has 0 saturated carbocycles. The minimum Gasteiger partial charge on any atom is -0.504 e. The van der Waals surface area contributed by atoms with E-state index in [1.165, 1.54) is 0 Å². The number of hydrogen-bond donors (Lipinski definition) is 1. The van der Waals surface area contributed by atoms with E-state index in [0.29, 0.717) is 6.07 Å². The summed E-state index contributed by atoms with van der Waals surface area (Å²) < 4.78 is 42.9. The smallest absolute Gasteiger partial charge is 0.417 e. The number of benzene rings is 1. The van der Waals surface area contributed by atoms with Crippen molar-refractivity contribution >= 4 is 5.78 Å². The summed E-state index contributed by atoms with van der Waals surface area (Å²) in [4.78, 5) is 11.3. The summed E-state index contributed by atoms with van der Waals surface area (Å²) in [7, 11) is 0. The van der Waals surface area contributed by atoms with Gasteiger partial charge in [-0.15, -0.1) is 0 Å². The van der Waals surface area contributed by atoms with E-state index in [-0.39, 0.29) is 6.61 Å². The predicted octanol–water partition coefficient (Wildman–Crippen LogP) is 3.01. The van der Waals surface area contributed by atoms with Crippen LogP contribution in [0.4, 0.5) is 13.2 Å². The largest absolute Gasteiger partial charge is 0.504 e. The molecule has 1 N–H and O–H groups in total. The SMILES string of the molecule is CCOc1c(O)ccc(C(F)(F)F)c1C(C)=O. The van der Waals surface area contributed by atoms with Crippen LogP contribution in [0.5, 0.6) is 11.5 Å². The number of ketones is 1. The van der Waals surface area contributed by atoms with Gasteiger partial charge in [-0.25, -0.2) is 0 Å². The first-order chi connectivity index (χ1) is 7.79.